The molecule has 0 atom stereocenters. The molecule has 0 bridgehead atoms. The molecule has 0 aliphatic heterocycles. The number of carbonyl (C=O) groups is 2. The van der Waals surface area contributed by atoms with Crippen LogP contribution in [0.2, 0.25) is 0 Å². The van der Waals surface area contributed by atoms with Crippen LogP contribution in [0.1, 0.15) is 15.9 Å². The smallest absolute Gasteiger partial charge is 0.267 e. The summed E-state index contributed by atoms with van der Waals surface area (Å²) in [6.45, 7) is 0. The molecule has 2 aromatic carbocycles. The summed E-state index contributed by atoms with van der Waals surface area (Å²) in [4.78, 5) is 27.6. The zero-order chi connectivity index (χ0) is 18.4. The van der Waals surface area contributed by atoms with Crippen molar-refractivity contribution in [3.8, 4) is 5.69 Å². The van der Waals surface area contributed by atoms with Gasteiger partial charge < -0.3 is 9.88 Å². The lowest BCUT2D eigenvalue weighted by molar-refractivity contribution is -0.124. The highest BCUT2D eigenvalue weighted by Gasteiger charge is 2.08. The zero-order valence-electron chi connectivity index (χ0n) is 13.7. The van der Waals surface area contributed by atoms with Crippen molar-refractivity contribution in [2.75, 3.05) is 5.32 Å². The van der Waals surface area contributed by atoms with E-state index in [9.17, 15) is 9.59 Å². The number of benzene rings is 2. The molecule has 1 heterocycles. The van der Waals surface area contributed by atoms with E-state index in [1.54, 1.807) is 48.9 Å². The summed E-state index contributed by atoms with van der Waals surface area (Å²) in [5.41, 5.74) is 4.11. The van der Waals surface area contributed by atoms with E-state index in [4.69, 9.17) is 5.21 Å². The van der Waals surface area contributed by atoms with E-state index < -0.39 is 5.91 Å². The molecule has 7 heteroatoms. The Morgan fingerprint density at radius 3 is 2.54 bits per heavy atom. The van der Waals surface area contributed by atoms with Gasteiger partial charge in [0, 0.05) is 35.4 Å². The van der Waals surface area contributed by atoms with E-state index in [0.717, 1.165) is 5.69 Å². The molecule has 0 saturated heterocycles. The average molecular weight is 348 g/mol. The second-order valence-corrected chi connectivity index (χ2v) is 5.37. The number of imidazole rings is 1. The number of nitrogens with one attached hydrogen (secondary N) is 2. The summed E-state index contributed by atoms with van der Waals surface area (Å²) in [5, 5.41) is 11.4. The highest BCUT2D eigenvalue weighted by Crippen LogP contribution is 2.18. The Morgan fingerprint density at radius 2 is 1.85 bits per heavy atom. The Hall–Kier alpha value is -3.71. The minimum absolute atomic E-state index is 0.269. The van der Waals surface area contributed by atoms with Gasteiger partial charge in [-0.25, -0.2) is 10.5 Å². The number of para-hydroxylation sites is 1. The number of aromatic nitrogens is 2. The van der Waals surface area contributed by atoms with Gasteiger partial charge in [-0.3, -0.25) is 14.8 Å². The third kappa shape index (κ3) is 4.03. The van der Waals surface area contributed by atoms with Crippen LogP contribution in [0.4, 0.5) is 5.69 Å². The number of carbonyl (C=O) groups excluding carboxylic acids is 2. The van der Waals surface area contributed by atoms with E-state index in [1.807, 2.05) is 22.9 Å². The highest BCUT2D eigenvalue weighted by molar-refractivity contribution is 6.05. The first-order valence-corrected chi connectivity index (χ1v) is 7.78. The summed E-state index contributed by atoms with van der Waals surface area (Å²) < 4.78 is 1.84. The van der Waals surface area contributed by atoms with Gasteiger partial charge in [-0.05, 0) is 42.0 Å². The quantitative estimate of drug-likeness (QED) is 0.375. The number of hydrogen-bond acceptors (Lipinski definition) is 4. The maximum absolute atomic E-state index is 12.5. The first-order valence-electron chi connectivity index (χ1n) is 7.78. The normalized spacial score (nSPS) is 10.7. The predicted molar refractivity (Wildman–Crippen MR) is 96.9 cm³/mol. The SMILES string of the molecule is O=C(C=Cc1ccccc1NC(=O)c1ccc(-n2ccnc2)cc1)NO. The molecule has 0 aliphatic carbocycles. The molecule has 0 aliphatic rings. The molecule has 1 aromatic heterocycles. The average Bonchev–Trinajstić information content (AvgIpc) is 3.22. The largest absolute Gasteiger partial charge is 0.321 e. The molecule has 2 amide bonds. The van der Waals surface area contributed by atoms with E-state index in [2.05, 4.69) is 10.3 Å². The number of anilines is 1. The van der Waals surface area contributed by atoms with Crippen LogP contribution in [0, 0.1) is 0 Å². The molecule has 0 radical (unpaired) electrons. The van der Waals surface area contributed by atoms with Gasteiger partial charge in [0.1, 0.15) is 0 Å². The molecule has 0 unspecified atom stereocenters. The molecule has 130 valence electrons. The number of hydroxylamine groups is 1. The van der Waals surface area contributed by atoms with Gasteiger partial charge in [-0.2, -0.15) is 0 Å². The molecule has 3 rings (SSSR count). The van der Waals surface area contributed by atoms with Crippen LogP contribution < -0.4 is 10.8 Å². The second kappa shape index (κ2) is 7.91. The summed E-state index contributed by atoms with van der Waals surface area (Å²) >= 11 is 0. The minimum Gasteiger partial charge on any atom is -0.321 e. The zero-order valence-corrected chi connectivity index (χ0v) is 13.7. The third-order valence-corrected chi connectivity index (χ3v) is 3.67. The summed E-state index contributed by atoms with van der Waals surface area (Å²) in [5.74, 6) is -0.920. The van der Waals surface area contributed by atoms with Gasteiger partial charge in [0.25, 0.3) is 11.8 Å². The lowest BCUT2D eigenvalue weighted by Gasteiger charge is -2.09. The highest BCUT2D eigenvalue weighted by atomic mass is 16.5. The Bertz CT molecular complexity index is 932. The lowest BCUT2D eigenvalue weighted by atomic mass is 10.1. The first kappa shape index (κ1) is 17.1. The minimum atomic E-state index is -0.652. The third-order valence-electron chi connectivity index (χ3n) is 3.67. The second-order valence-electron chi connectivity index (χ2n) is 5.37. The first-order chi connectivity index (χ1) is 12.7. The Kier molecular flexibility index (Phi) is 5.21. The van der Waals surface area contributed by atoms with Crippen LogP contribution in [-0.2, 0) is 4.79 Å². The van der Waals surface area contributed by atoms with Crippen molar-refractivity contribution in [2.24, 2.45) is 0 Å². The van der Waals surface area contributed by atoms with E-state index in [0.29, 0.717) is 16.8 Å². The van der Waals surface area contributed by atoms with Gasteiger partial charge in [0.2, 0.25) is 0 Å². The fraction of sp³-hybridized carbons (Fsp3) is 0. The van der Waals surface area contributed by atoms with Gasteiger partial charge in [-0.1, -0.05) is 18.2 Å². The van der Waals surface area contributed by atoms with E-state index in [1.165, 1.54) is 17.6 Å². The van der Waals surface area contributed by atoms with Crippen LogP contribution in [-0.4, -0.2) is 26.6 Å². The van der Waals surface area contributed by atoms with Gasteiger partial charge >= 0.3 is 0 Å². The maximum Gasteiger partial charge on any atom is 0.267 e. The number of amides is 2. The predicted octanol–water partition coefficient (Wildman–Crippen LogP) is 2.64. The van der Waals surface area contributed by atoms with E-state index in [-0.39, 0.29) is 5.91 Å². The molecular weight excluding hydrogens is 332 g/mol. The van der Waals surface area contributed by atoms with Crippen molar-refractivity contribution < 1.29 is 14.8 Å². The maximum atomic E-state index is 12.5. The molecule has 26 heavy (non-hydrogen) atoms. The van der Waals surface area contributed by atoms with Gasteiger partial charge in [0.15, 0.2) is 0 Å². The number of hydrogen-bond donors (Lipinski definition) is 3. The summed E-state index contributed by atoms with van der Waals surface area (Å²) in [6.07, 6.45) is 7.86. The Labute approximate surface area is 149 Å². The van der Waals surface area contributed by atoms with Crippen molar-refractivity contribution in [2.45, 2.75) is 0 Å². The molecule has 3 aromatic rings. The molecule has 0 fully saturated rings. The standard InChI is InChI=1S/C19H16N4O3/c24-18(22-26)10-7-14-3-1-2-4-17(14)21-19(25)15-5-8-16(9-6-15)23-12-11-20-13-23/h1-13,26H,(H,21,25)(H,22,24). The Balaban J connectivity index is 1.76. The molecule has 7 nitrogen and oxygen atoms in total. The van der Waals surface area contributed by atoms with Gasteiger partial charge in [-0.15, -0.1) is 0 Å². The fourth-order valence-corrected chi connectivity index (χ4v) is 2.35. The lowest BCUT2D eigenvalue weighted by Crippen LogP contribution is -2.15. The van der Waals surface area contributed by atoms with Crippen molar-refractivity contribution >= 4 is 23.6 Å². The van der Waals surface area contributed by atoms with Crippen LogP contribution in [0.5, 0.6) is 0 Å². The Morgan fingerprint density at radius 1 is 1.08 bits per heavy atom. The van der Waals surface area contributed by atoms with Crippen molar-refractivity contribution in [3.05, 3.63) is 84.5 Å². The van der Waals surface area contributed by atoms with Crippen LogP contribution in [0.15, 0.2) is 73.3 Å². The molecular formula is C19H16N4O3. The van der Waals surface area contributed by atoms with Crippen LogP contribution >= 0.6 is 0 Å². The molecule has 3 N–H and O–H groups in total. The summed E-state index contributed by atoms with van der Waals surface area (Å²) in [7, 11) is 0. The van der Waals surface area contributed by atoms with E-state index >= 15 is 0 Å². The van der Waals surface area contributed by atoms with Crippen molar-refractivity contribution in [1.29, 1.82) is 0 Å². The molecule has 0 spiro atoms. The number of nitrogens with zero attached hydrogens (tertiary/aromatic N) is 2. The topological polar surface area (TPSA) is 96.2 Å². The number of rotatable bonds is 5. The van der Waals surface area contributed by atoms with Crippen molar-refractivity contribution in [1.82, 2.24) is 15.0 Å². The van der Waals surface area contributed by atoms with Crippen molar-refractivity contribution in [3.63, 3.8) is 0 Å². The van der Waals surface area contributed by atoms with Crippen LogP contribution in [0.25, 0.3) is 11.8 Å². The fourth-order valence-electron chi connectivity index (χ4n) is 2.35. The van der Waals surface area contributed by atoms with Gasteiger partial charge in [0.05, 0.1) is 6.33 Å². The summed E-state index contributed by atoms with van der Waals surface area (Å²) in [6, 6.07) is 14.1. The molecule has 0 saturated carbocycles. The van der Waals surface area contributed by atoms with Crippen LogP contribution in [0.3, 0.4) is 0 Å². The monoisotopic (exact) mass is 348 g/mol.